The lowest BCUT2D eigenvalue weighted by atomic mass is 9.75. The second-order valence-electron chi connectivity index (χ2n) is 9.18. The highest BCUT2D eigenvalue weighted by molar-refractivity contribution is 5.85. The van der Waals surface area contributed by atoms with Gasteiger partial charge in [0.1, 0.15) is 0 Å². The maximum Gasteiger partial charge on any atom is 0.223 e. The fraction of sp³-hybridized carbons (Fsp3) is 0.696. The molecule has 1 N–H and O–H groups in total. The summed E-state index contributed by atoms with van der Waals surface area (Å²) >= 11 is 0. The van der Waals surface area contributed by atoms with E-state index >= 15 is 0 Å². The maximum atomic E-state index is 13.1. The smallest absolute Gasteiger partial charge is 0.223 e. The summed E-state index contributed by atoms with van der Waals surface area (Å²) in [5, 5.41) is 3.52. The average molecular weight is 391 g/mol. The lowest BCUT2D eigenvalue weighted by Crippen LogP contribution is -2.45. The van der Waals surface area contributed by atoms with Crippen LogP contribution in [0.5, 0.6) is 0 Å². The van der Waals surface area contributed by atoms with E-state index in [0.717, 1.165) is 39.0 Å². The second-order valence-corrected chi connectivity index (χ2v) is 9.18. The largest absolute Gasteiger partial charge is 0.343 e. The molecule has 1 amide bonds. The Kier molecular flexibility index (Phi) is 6.86. The van der Waals surface area contributed by atoms with Crippen molar-refractivity contribution in [3.63, 3.8) is 0 Å². The number of halogens is 1. The molecule has 3 nitrogen and oxygen atoms in total. The quantitative estimate of drug-likeness (QED) is 0.797. The van der Waals surface area contributed by atoms with E-state index in [1.54, 1.807) is 0 Å². The summed E-state index contributed by atoms with van der Waals surface area (Å²) in [6.07, 6.45) is 11.9. The monoisotopic (exact) mass is 390 g/mol. The molecule has 1 spiro atoms. The minimum absolute atomic E-state index is 0. The SMILES string of the molecule is Cl.O=C(CC1(CCc2ccccc2)CCCC1)N1CCC2(CCNC2)CC1. The zero-order valence-electron chi connectivity index (χ0n) is 16.5. The summed E-state index contributed by atoms with van der Waals surface area (Å²) in [6.45, 7) is 4.29. The van der Waals surface area contributed by atoms with Gasteiger partial charge >= 0.3 is 0 Å². The van der Waals surface area contributed by atoms with Crippen LogP contribution in [-0.4, -0.2) is 37.0 Å². The van der Waals surface area contributed by atoms with E-state index in [-0.39, 0.29) is 17.8 Å². The first-order valence-corrected chi connectivity index (χ1v) is 10.7. The summed E-state index contributed by atoms with van der Waals surface area (Å²) in [4.78, 5) is 15.3. The van der Waals surface area contributed by atoms with Gasteiger partial charge in [-0.25, -0.2) is 0 Å². The summed E-state index contributed by atoms with van der Waals surface area (Å²) < 4.78 is 0. The number of amides is 1. The van der Waals surface area contributed by atoms with Gasteiger partial charge in [-0.15, -0.1) is 12.4 Å². The van der Waals surface area contributed by atoms with Crippen molar-refractivity contribution in [2.45, 2.75) is 64.2 Å². The molecule has 1 aromatic rings. The molecule has 0 atom stereocenters. The number of benzene rings is 1. The van der Waals surface area contributed by atoms with Crippen molar-refractivity contribution in [1.82, 2.24) is 10.2 Å². The highest BCUT2D eigenvalue weighted by Crippen LogP contribution is 2.46. The molecule has 2 heterocycles. The number of rotatable bonds is 5. The van der Waals surface area contributed by atoms with Crippen LogP contribution < -0.4 is 5.32 Å². The van der Waals surface area contributed by atoms with Crippen LogP contribution in [0.25, 0.3) is 0 Å². The molecule has 27 heavy (non-hydrogen) atoms. The van der Waals surface area contributed by atoms with Gasteiger partial charge < -0.3 is 10.2 Å². The van der Waals surface area contributed by atoms with Crippen LogP contribution in [-0.2, 0) is 11.2 Å². The van der Waals surface area contributed by atoms with E-state index in [1.807, 2.05) is 0 Å². The number of nitrogens with one attached hydrogen (secondary N) is 1. The van der Waals surface area contributed by atoms with Crippen molar-refractivity contribution >= 4 is 18.3 Å². The number of carbonyl (C=O) groups excluding carboxylic acids is 1. The standard InChI is InChI=1S/C23H34N2O.ClH/c26-21(25-16-13-23(14-17-25)12-15-24-19-23)18-22(9-4-5-10-22)11-8-20-6-2-1-3-7-20;/h1-3,6-7,24H,4-5,8-19H2;1H. The highest BCUT2D eigenvalue weighted by atomic mass is 35.5. The van der Waals surface area contributed by atoms with Gasteiger partial charge in [0.25, 0.3) is 0 Å². The Bertz CT molecular complexity index is 596. The topological polar surface area (TPSA) is 32.3 Å². The van der Waals surface area contributed by atoms with Crippen LogP contribution in [0, 0.1) is 10.8 Å². The zero-order chi connectivity index (χ0) is 17.9. The summed E-state index contributed by atoms with van der Waals surface area (Å²) in [5.74, 6) is 0.431. The van der Waals surface area contributed by atoms with Crippen LogP contribution in [0.2, 0.25) is 0 Å². The first kappa shape index (κ1) is 20.7. The van der Waals surface area contributed by atoms with Crippen molar-refractivity contribution in [2.75, 3.05) is 26.2 Å². The van der Waals surface area contributed by atoms with Gasteiger partial charge in [-0.05, 0) is 67.9 Å². The number of likely N-dealkylation sites (tertiary alicyclic amines) is 1. The molecule has 0 unspecified atom stereocenters. The number of aryl methyl sites for hydroxylation is 1. The molecule has 4 heteroatoms. The van der Waals surface area contributed by atoms with Crippen LogP contribution in [0.1, 0.15) is 63.4 Å². The van der Waals surface area contributed by atoms with Crippen LogP contribution in [0.4, 0.5) is 0 Å². The molecule has 3 aliphatic rings. The Morgan fingerprint density at radius 1 is 1.00 bits per heavy atom. The predicted octanol–water partition coefficient (Wildman–Crippen LogP) is 4.59. The third kappa shape index (κ3) is 4.86. The lowest BCUT2D eigenvalue weighted by molar-refractivity contribution is -0.136. The molecule has 0 aromatic heterocycles. The van der Waals surface area contributed by atoms with Crippen molar-refractivity contribution in [3.8, 4) is 0 Å². The zero-order valence-corrected chi connectivity index (χ0v) is 17.4. The Balaban J connectivity index is 0.00000210. The lowest BCUT2D eigenvalue weighted by Gasteiger charge is -2.40. The van der Waals surface area contributed by atoms with Gasteiger partial charge in [0, 0.05) is 26.1 Å². The first-order chi connectivity index (χ1) is 12.7. The van der Waals surface area contributed by atoms with Crippen molar-refractivity contribution < 1.29 is 4.79 Å². The number of piperidine rings is 1. The Morgan fingerprint density at radius 3 is 2.33 bits per heavy atom. The fourth-order valence-electron chi connectivity index (χ4n) is 5.58. The summed E-state index contributed by atoms with van der Waals surface area (Å²) in [6, 6.07) is 10.8. The van der Waals surface area contributed by atoms with Gasteiger partial charge in [-0.1, -0.05) is 43.2 Å². The summed E-state index contributed by atoms with van der Waals surface area (Å²) in [5.41, 5.74) is 2.17. The molecule has 1 aromatic carbocycles. The minimum atomic E-state index is 0. The van der Waals surface area contributed by atoms with Crippen molar-refractivity contribution in [1.29, 1.82) is 0 Å². The van der Waals surface area contributed by atoms with E-state index in [2.05, 4.69) is 40.5 Å². The molecule has 0 bridgehead atoms. The first-order valence-electron chi connectivity index (χ1n) is 10.7. The second kappa shape index (κ2) is 8.96. The normalized spacial score (nSPS) is 23.3. The third-order valence-electron chi connectivity index (χ3n) is 7.49. The minimum Gasteiger partial charge on any atom is -0.343 e. The van der Waals surface area contributed by atoms with Crippen molar-refractivity contribution in [3.05, 3.63) is 35.9 Å². The molecule has 3 fully saturated rings. The molecule has 2 saturated heterocycles. The number of hydrogen-bond acceptors (Lipinski definition) is 2. The number of nitrogens with zero attached hydrogens (tertiary/aromatic N) is 1. The fourth-order valence-corrected chi connectivity index (χ4v) is 5.58. The van der Waals surface area contributed by atoms with Crippen LogP contribution in [0.3, 0.4) is 0 Å². The number of hydrogen-bond donors (Lipinski definition) is 1. The molecule has 1 aliphatic carbocycles. The van der Waals surface area contributed by atoms with Gasteiger partial charge in [-0.3, -0.25) is 4.79 Å². The van der Waals surface area contributed by atoms with E-state index in [9.17, 15) is 4.79 Å². The highest BCUT2D eigenvalue weighted by Gasteiger charge is 2.40. The Hall–Kier alpha value is -1.06. The molecular formula is C23H35ClN2O. The Morgan fingerprint density at radius 2 is 1.70 bits per heavy atom. The molecular weight excluding hydrogens is 356 g/mol. The van der Waals surface area contributed by atoms with Crippen LogP contribution in [0.15, 0.2) is 30.3 Å². The van der Waals surface area contributed by atoms with Crippen LogP contribution >= 0.6 is 12.4 Å². The van der Waals surface area contributed by atoms with E-state index in [1.165, 1.54) is 56.9 Å². The van der Waals surface area contributed by atoms with Gasteiger partial charge in [0.05, 0.1) is 0 Å². The molecule has 2 aliphatic heterocycles. The van der Waals surface area contributed by atoms with E-state index < -0.39 is 0 Å². The average Bonchev–Trinajstić information content (AvgIpc) is 3.32. The third-order valence-corrected chi connectivity index (χ3v) is 7.49. The van der Waals surface area contributed by atoms with E-state index in [0.29, 0.717) is 11.3 Å². The van der Waals surface area contributed by atoms with Gasteiger partial charge in [-0.2, -0.15) is 0 Å². The van der Waals surface area contributed by atoms with Gasteiger partial charge in [0.15, 0.2) is 0 Å². The van der Waals surface area contributed by atoms with Crippen molar-refractivity contribution in [2.24, 2.45) is 10.8 Å². The summed E-state index contributed by atoms with van der Waals surface area (Å²) in [7, 11) is 0. The Labute approximate surface area is 170 Å². The molecule has 1 saturated carbocycles. The molecule has 0 radical (unpaired) electrons. The molecule has 4 rings (SSSR count). The molecule has 150 valence electrons. The predicted molar refractivity (Wildman–Crippen MR) is 113 cm³/mol. The maximum absolute atomic E-state index is 13.1. The number of carbonyl (C=O) groups is 1. The van der Waals surface area contributed by atoms with Gasteiger partial charge in [0.2, 0.25) is 5.91 Å². The van der Waals surface area contributed by atoms with E-state index in [4.69, 9.17) is 0 Å².